The summed E-state index contributed by atoms with van der Waals surface area (Å²) >= 11 is 0. The van der Waals surface area contributed by atoms with Gasteiger partial charge in [0.05, 0.1) is 17.7 Å². The Morgan fingerprint density at radius 1 is 0.812 bits per heavy atom. The normalized spacial score (nSPS) is 11.4. The van der Waals surface area contributed by atoms with E-state index in [2.05, 4.69) is 10.0 Å². The van der Waals surface area contributed by atoms with E-state index in [9.17, 15) is 21.6 Å². The number of methoxy groups -OCH3 is 1. The number of carbonyl (C=O) groups is 1. The molecule has 0 aliphatic heterocycles. The fourth-order valence-corrected chi connectivity index (χ4v) is 4.85. The predicted molar refractivity (Wildman–Crippen MR) is 121 cm³/mol. The Kier molecular flexibility index (Phi) is 6.70. The third kappa shape index (κ3) is 5.56. The molecule has 0 radical (unpaired) electrons. The van der Waals surface area contributed by atoms with Crippen molar-refractivity contribution in [2.75, 3.05) is 17.1 Å². The second-order valence-corrected chi connectivity index (χ2v) is 10.0. The van der Waals surface area contributed by atoms with Crippen LogP contribution in [0.2, 0.25) is 0 Å². The summed E-state index contributed by atoms with van der Waals surface area (Å²) in [4.78, 5) is 12.0. The number of para-hydroxylation sites is 1. The predicted octanol–water partition coefficient (Wildman–Crippen LogP) is 3.31. The van der Waals surface area contributed by atoms with Gasteiger partial charge in [-0.05, 0) is 55.5 Å². The number of hydrogen-bond acceptors (Lipinski definition) is 6. The lowest BCUT2D eigenvalue weighted by Crippen LogP contribution is -2.34. The number of anilines is 2. The highest BCUT2D eigenvalue weighted by atomic mass is 32.2. The largest absolute Gasteiger partial charge is 0.497 e. The Hall–Kier alpha value is -3.57. The standard InChI is InChI=1S/C21H21N3O6S2/c1-15-7-13-18(14-8-15)31(26,27)24-21(25)22-19-5-3-4-6-20(19)32(28,29)23-16-9-11-17(30-2)12-10-16/h3-14,23H,1-2H3,(H2,22,24,25). The average Bonchev–Trinajstić information content (AvgIpc) is 2.74. The van der Waals surface area contributed by atoms with Crippen LogP contribution in [0.15, 0.2) is 82.6 Å². The van der Waals surface area contributed by atoms with Gasteiger partial charge in [-0.25, -0.2) is 26.4 Å². The number of aryl methyl sites for hydroxylation is 1. The van der Waals surface area contributed by atoms with E-state index < -0.39 is 26.1 Å². The van der Waals surface area contributed by atoms with Crippen LogP contribution in [0.5, 0.6) is 5.75 Å². The molecule has 0 heterocycles. The Balaban J connectivity index is 1.79. The van der Waals surface area contributed by atoms with E-state index in [0.29, 0.717) is 5.75 Å². The summed E-state index contributed by atoms with van der Waals surface area (Å²) in [6, 6.07) is 16.7. The number of amides is 2. The van der Waals surface area contributed by atoms with Crippen LogP contribution in [-0.4, -0.2) is 30.0 Å². The zero-order valence-corrected chi connectivity index (χ0v) is 18.8. The molecule has 3 aromatic rings. The second-order valence-electron chi connectivity index (χ2n) is 6.70. The first kappa shape index (κ1) is 23.1. The van der Waals surface area contributed by atoms with Crippen molar-refractivity contribution in [1.82, 2.24) is 4.72 Å². The van der Waals surface area contributed by atoms with Gasteiger partial charge in [0.1, 0.15) is 10.6 Å². The lowest BCUT2D eigenvalue weighted by atomic mass is 10.2. The second kappa shape index (κ2) is 9.28. The van der Waals surface area contributed by atoms with Crippen LogP contribution in [0.4, 0.5) is 16.2 Å². The molecule has 0 fully saturated rings. The van der Waals surface area contributed by atoms with Crippen LogP contribution in [0.25, 0.3) is 0 Å². The summed E-state index contributed by atoms with van der Waals surface area (Å²) in [6.45, 7) is 1.80. The summed E-state index contributed by atoms with van der Waals surface area (Å²) in [5.74, 6) is 0.557. The van der Waals surface area contributed by atoms with Crippen molar-refractivity contribution >= 4 is 37.5 Å². The highest BCUT2D eigenvalue weighted by molar-refractivity contribution is 7.93. The Morgan fingerprint density at radius 2 is 1.44 bits per heavy atom. The number of carbonyl (C=O) groups excluding carboxylic acids is 1. The monoisotopic (exact) mass is 475 g/mol. The van der Waals surface area contributed by atoms with Crippen molar-refractivity contribution in [2.45, 2.75) is 16.7 Å². The van der Waals surface area contributed by atoms with Gasteiger partial charge < -0.3 is 10.1 Å². The SMILES string of the molecule is COc1ccc(NS(=O)(=O)c2ccccc2NC(=O)NS(=O)(=O)c2ccc(C)cc2)cc1. The zero-order chi connectivity index (χ0) is 23.4. The minimum Gasteiger partial charge on any atom is -0.497 e. The topological polar surface area (TPSA) is 131 Å². The van der Waals surface area contributed by atoms with Crippen molar-refractivity contribution in [2.24, 2.45) is 0 Å². The van der Waals surface area contributed by atoms with Crippen LogP contribution in [0.3, 0.4) is 0 Å². The molecule has 0 saturated carbocycles. The van der Waals surface area contributed by atoms with Crippen molar-refractivity contribution in [3.63, 3.8) is 0 Å². The van der Waals surface area contributed by atoms with Crippen LogP contribution < -0.4 is 19.5 Å². The summed E-state index contributed by atoms with van der Waals surface area (Å²) < 4.78 is 59.9. The molecule has 9 nitrogen and oxygen atoms in total. The molecule has 0 aromatic heterocycles. The summed E-state index contributed by atoms with van der Waals surface area (Å²) in [7, 11) is -6.74. The van der Waals surface area contributed by atoms with Gasteiger partial charge in [-0.2, -0.15) is 0 Å². The molecule has 0 bridgehead atoms. The van der Waals surface area contributed by atoms with Gasteiger partial charge in [0.25, 0.3) is 20.0 Å². The average molecular weight is 476 g/mol. The van der Waals surface area contributed by atoms with Crippen LogP contribution in [0, 0.1) is 6.92 Å². The minimum absolute atomic E-state index is 0.0925. The van der Waals surface area contributed by atoms with Gasteiger partial charge in [-0.1, -0.05) is 29.8 Å². The first-order valence-corrected chi connectivity index (χ1v) is 12.2. The lowest BCUT2D eigenvalue weighted by molar-refractivity contribution is 0.256. The van der Waals surface area contributed by atoms with Gasteiger partial charge in [0.15, 0.2) is 0 Å². The first-order chi connectivity index (χ1) is 15.1. The number of urea groups is 1. The van der Waals surface area contributed by atoms with Crippen LogP contribution in [-0.2, 0) is 20.0 Å². The summed E-state index contributed by atoms with van der Waals surface area (Å²) in [5.41, 5.74) is 1.05. The molecule has 11 heteroatoms. The maximum absolute atomic E-state index is 12.9. The molecule has 0 aliphatic rings. The molecule has 3 N–H and O–H groups in total. The Bertz CT molecular complexity index is 1320. The highest BCUT2D eigenvalue weighted by Crippen LogP contribution is 2.25. The van der Waals surface area contributed by atoms with Crippen molar-refractivity contribution < 1.29 is 26.4 Å². The molecular formula is C21H21N3O6S2. The molecule has 168 valence electrons. The molecule has 0 aliphatic carbocycles. The maximum atomic E-state index is 12.9. The molecule has 0 saturated heterocycles. The number of sulfonamides is 2. The van der Waals surface area contributed by atoms with Crippen molar-refractivity contribution in [1.29, 1.82) is 0 Å². The zero-order valence-electron chi connectivity index (χ0n) is 17.2. The van der Waals surface area contributed by atoms with Gasteiger partial charge in [-0.3, -0.25) is 4.72 Å². The first-order valence-electron chi connectivity index (χ1n) is 9.27. The maximum Gasteiger partial charge on any atom is 0.333 e. The van der Waals surface area contributed by atoms with E-state index in [-0.39, 0.29) is 21.2 Å². The minimum atomic E-state index is -4.14. The van der Waals surface area contributed by atoms with Crippen LogP contribution >= 0.6 is 0 Å². The fraction of sp³-hybridized carbons (Fsp3) is 0.0952. The van der Waals surface area contributed by atoms with E-state index in [1.54, 1.807) is 31.2 Å². The van der Waals surface area contributed by atoms with Gasteiger partial charge >= 0.3 is 6.03 Å². The van der Waals surface area contributed by atoms with Gasteiger partial charge in [0, 0.05) is 5.69 Å². The van der Waals surface area contributed by atoms with E-state index in [4.69, 9.17) is 4.74 Å². The van der Waals surface area contributed by atoms with E-state index >= 15 is 0 Å². The third-order valence-corrected chi connectivity index (χ3v) is 7.11. The Morgan fingerprint density at radius 3 is 2.06 bits per heavy atom. The Labute approximate surface area is 186 Å². The van der Waals surface area contributed by atoms with Gasteiger partial charge in [-0.15, -0.1) is 0 Å². The molecule has 0 spiro atoms. The van der Waals surface area contributed by atoms with E-state index in [1.165, 1.54) is 55.6 Å². The third-order valence-electron chi connectivity index (χ3n) is 4.33. The number of nitrogens with one attached hydrogen (secondary N) is 3. The number of benzene rings is 3. The number of ether oxygens (including phenoxy) is 1. The molecule has 0 atom stereocenters. The molecule has 2 amide bonds. The van der Waals surface area contributed by atoms with Crippen molar-refractivity contribution in [3.8, 4) is 5.75 Å². The smallest absolute Gasteiger partial charge is 0.333 e. The fourth-order valence-electron chi connectivity index (χ4n) is 2.72. The molecule has 32 heavy (non-hydrogen) atoms. The molecular weight excluding hydrogens is 454 g/mol. The quantitative estimate of drug-likeness (QED) is 0.481. The van der Waals surface area contributed by atoms with Crippen LogP contribution in [0.1, 0.15) is 5.56 Å². The van der Waals surface area contributed by atoms with Gasteiger partial charge in [0.2, 0.25) is 0 Å². The molecule has 3 aromatic carbocycles. The molecule has 0 unspecified atom stereocenters. The number of rotatable bonds is 7. The van der Waals surface area contributed by atoms with E-state index in [1.807, 2.05) is 4.72 Å². The molecule has 3 rings (SSSR count). The van der Waals surface area contributed by atoms with Crippen molar-refractivity contribution in [3.05, 3.63) is 78.4 Å². The number of hydrogen-bond donors (Lipinski definition) is 3. The summed E-state index contributed by atoms with van der Waals surface area (Å²) in [6.07, 6.45) is 0. The summed E-state index contributed by atoms with van der Waals surface area (Å²) in [5, 5.41) is 2.29. The lowest BCUT2D eigenvalue weighted by Gasteiger charge is -2.14. The van der Waals surface area contributed by atoms with E-state index in [0.717, 1.165) is 5.56 Å². The highest BCUT2D eigenvalue weighted by Gasteiger charge is 2.22.